The molecule has 0 spiro atoms. The van der Waals surface area contributed by atoms with E-state index in [0.717, 1.165) is 0 Å². The van der Waals surface area contributed by atoms with Crippen LogP contribution in [0.25, 0.3) is 0 Å². The Morgan fingerprint density at radius 3 is 1.40 bits per heavy atom. The Morgan fingerprint density at radius 1 is 1.20 bits per heavy atom. The molecule has 0 saturated heterocycles. The van der Waals surface area contributed by atoms with Crippen molar-refractivity contribution in [3.05, 3.63) is 0 Å². The van der Waals surface area contributed by atoms with E-state index in [-0.39, 0.29) is 6.54 Å². The number of rotatable bonds is 2. The van der Waals surface area contributed by atoms with Gasteiger partial charge in [-0.2, -0.15) is 0 Å². The van der Waals surface area contributed by atoms with Crippen molar-refractivity contribution in [3.63, 3.8) is 0 Å². The Bertz CT molecular complexity index is 98.2. The van der Waals surface area contributed by atoms with E-state index < -0.39 is 18.5 Å². The lowest BCUT2D eigenvalue weighted by Crippen LogP contribution is -2.10. The molecule has 0 rings (SSSR count). The summed E-state index contributed by atoms with van der Waals surface area (Å²) in [6, 6.07) is 0. The Kier molecular flexibility index (Phi) is 9.14. The third-order valence-electron chi connectivity index (χ3n) is 0.310. The molecule has 10 heavy (non-hydrogen) atoms. The van der Waals surface area contributed by atoms with E-state index in [1.807, 2.05) is 0 Å². The zero-order valence-electron chi connectivity index (χ0n) is 5.15. The molecular formula is C4H9NO5. The fourth-order valence-corrected chi connectivity index (χ4v) is 0. The van der Waals surface area contributed by atoms with Crippen LogP contribution in [-0.4, -0.2) is 40.4 Å². The van der Waals surface area contributed by atoms with Gasteiger partial charge in [0, 0.05) is 0 Å². The van der Waals surface area contributed by atoms with E-state index >= 15 is 0 Å². The maximum Gasteiger partial charge on any atom is 0.329 e. The van der Waals surface area contributed by atoms with Gasteiger partial charge in [0.05, 0.1) is 6.54 Å². The molecule has 6 nitrogen and oxygen atoms in total. The minimum Gasteiger partial charge on any atom is -0.480 e. The van der Waals surface area contributed by atoms with Crippen molar-refractivity contribution in [2.75, 3.05) is 13.2 Å². The van der Waals surface area contributed by atoms with Crippen molar-refractivity contribution in [2.45, 2.75) is 0 Å². The highest BCUT2D eigenvalue weighted by atomic mass is 16.4. The van der Waals surface area contributed by atoms with E-state index in [0.29, 0.717) is 0 Å². The van der Waals surface area contributed by atoms with Crippen molar-refractivity contribution >= 4 is 11.9 Å². The van der Waals surface area contributed by atoms with Crippen LogP contribution in [0.3, 0.4) is 0 Å². The second-order valence-electron chi connectivity index (χ2n) is 1.15. The van der Waals surface area contributed by atoms with Crippen LogP contribution in [-0.2, 0) is 9.59 Å². The van der Waals surface area contributed by atoms with Gasteiger partial charge in [-0.05, 0) is 0 Å². The molecule has 60 valence electrons. The predicted octanol–water partition coefficient (Wildman–Crippen LogP) is -1.91. The van der Waals surface area contributed by atoms with Crippen LogP contribution in [0.2, 0.25) is 0 Å². The van der Waals surface area contributed by atoms with Crippen LogP contribution in [0.5, 0.6) is 0 Å². The molecule has 0 fully saturated rings. The lowest BCUT2D eigenvalue weighted by Gasteiger charge is -1.73. The first-order valence-electron chi connectivity index (χ1n) is 2.29. The number of aliphatic carboxylic acids is 2. The summed E-state index contributed by atoms with van der Waals surface area (Å²) in [6.07, 6.45) is 0. The average Bonchev–Trinajstić information content (AvgIpc) is 1.89. The maximum absolute atomic E-state index is 9.24. The van der Waals surface area contributed by atoms with Gasteiger partial charge < -0.3 is 21.1 Å². The largest absolute Gasteiger partial charge is 0.480 e. The molecule has 5 N–H and O–H groups in total. The van der Waals surface area contributed by atoms with Crippen molar-refractivity contribution < 1.29 is 24.9 Å². The quantitative estimate of drug-likeness (QED) is 0.365. The van der Waals surface area contributed by atoms with Crippen LogP contribution in [0.4, 0.5) is 0 Å². The number of carbonyl (C=O) groups is 2. The van der Waals surface area contributed by atoms with Crippen LogP contribution >= 0.6 is 0 Å². The minimum atomic E-state index is -1.19. The highest BCUT2D eigenvalue weighted by Crippen LogP contribution is 1.48. The summed E-state index contributed by atoms with van der Waals surface area (Å²) >= 11 is 0. The van der Waals surface area contributed by atoms with Gasteiger partial charge in [-0.15, -0.1) is 0 Å². The van der Waals surface area contributed by atoms with Gasteiger partial charge in [-0.3, -0.25) is 4.79 Å². The zero-order chi connectivity index (χ0) is 8.57. The second kappa shape index (κ2) is 7.86. The number of carboxylic acids is 2. The lowest BCUT2D eigenvalue weighted by atomic mass is 10.7. The topological polar surface area (TPSA) is 121 Å². The summed E-state index contributed by atoms with van der Waals surface area (Å²) in [5.74, 6) is -2.16. The molecule has 0 radical (unpaired) electrons. The molecule has 0 aromatic heterocycles. The Balaban J connectivity index is 0. The Morgan fingerprint density at radius 2 is 1.40 bits per heavy atom. The molecule has 0 aromatic carbocycles. The predicted molar refractivity (Wildman–Crippen MR) is 31.4 cm³/mol. The number of carboxylic acid groups (broad SMARTS) is 2. The van der Waals surface area contributed by atoms with Crippen LogP contribution in [0.15, 0.2) is 0 Å². The van der Waals surface area contributed by atoms with E-state index in [9.17, 15) is 4.79 Å². The summed E-state index contributed by atoms with van der Waals surface area (Å²) in [7, 11) is 0. The molecule has 0 unspecified atom stereocenters. The van der Waals surface area contributed by atoms with E-state index in [1.165, 1.54) is 0 Å². The average molecular weight is 151 g/mol. The number of hydrogen-bond donors (Lipinski definition) is 4. The molecule has 0 atom stereocenters. The number of aliphatic hydroxyl groups excluding tert-OH is 1. The molecule has 0 aliphatic rings. The van der Waals surface area contributed by atoms with Crippen molar-refractivity contribution in [1.82, 2.24) is 0 Å². The zero-order valence-corrected chi connectivity index (χ0v) is 5.15. The highest BCUT2D eigenvalue weighted by Gasteiger charge is 1.82. The second-order valence-corrected chi connectivity index (χ2v) is 1.15. The van der Waals surface area contributed by atoms with Gasteiger partial charge in [-0.25, -0.2) is 4.79 Å². The maximum atomic E-state index is 9.24. The summed E-state index contributed by atoms with van der Waals surface area (Å²) in [6.45, 7) is -1.06. The van der Waals surface area contributed by atoms with Crippen LogP contribution in [0.1, 0.15) is 0 Å². The summed E-state index contributed by atoms with van der Waals surface area (Å²) < 4.78 is 0. The first-order chi connectivity index (χ1) is 4.54. The van der Waals surface area contributed by atoms with Crippen LogP contribution in [0, 0.1) is 0 Å². The summed E-state index contributed by atoms with van der Waals surface area (Å²) in [5.41, 5.74) is 4.57. The third kappa shape index (κ3) is 28.8. The molecule has 0 bridgehead atoms. The molecule has 0 saturated carbocycles. The highest BCUT2D eigenvalue weighted by molar-refractivity contribution is 5.68. The normalized spacial score (nSPS) is 7.40. The van der Waals surface area contributed by atoms with Gasteiger partial charge in [0.25, 0.3) is 0 Å². The number of aliphatic hydroxyl groups is 1. The molecule has 0 heterocycles. The lowest BCUT2D eigenvalue weighted by molar-refractivity contribution is -0.140. The van der Waals surface area contributed by atoms with Gasteiger partial charge >= 0.3 is 11.9 Å². The Hall–Kier alpha value is -1.14. The minimum absolute atomic E-state index is 0.278. The van der Waals surface area contributed by atoms with Crippen molar-refractivity contribution in [2.24, 2.45) is 5.73 Å². The van der Waals surface area contributed by atoms with Crippen molar-refractivity contribution in [1.29, 1.82) is 0 Å². The van der Waals surface area contributed by atoms with Gasteiger partial charge in [-0.1, -0.05) is 0 Å². The summed E-state index contributed by atoms with van der Waals surface area (Å²) in [5, 5.41) is 22.6. The molecule has 0 amide bonds. The van der Waals surface area contributed by atoms with E-state index in [1.54, 1.807) is 0 Å². The van der Waals surface area contributed by atoms with Gasteiger partial charge in [0.2, 0.25) is 0 Å². The monoisotopic (exact) mass is 151 g/mol. The first kappa shape index (κ1) is 11.6. The number of nitrogens with two attached hydrogens (primary N) is 1. The summed E-state index contributed by atoms with van der Waals surface area (Å²) in [4.78, 5) is 18.4. The molecule has 0 aliphatic carbocycles. The number of hydrogen-bond acceptors (Lipinski definition) is 4. The third-order valence-corrected chi connectivity index (χ3v) is 0.310. The fraction of sp³-hybridized carbons (Fsp3) is 0.500. The van der Waals surface area contributed by atoms with E-state index in [4.69, 9.17) is 20.1 Å². The van der Waals surface area contributed by atoms with Gasteiger partial charge in [0.1, 0.15) is 6.61 Å². The molecular weight excluding hydrogens is 142 g/mol. The molecule has 0 aliphatic heterocycles. The smallest absolute Gasteiger partial charge is 0.329 e. The SMILES string of the molecule is NCC(=O)O.O=C(O)CO. The molecule has 0 aromatic rings. The van der Waals surface area contributed by atoms with Crippen molar-refractivity contribution in [3.8, 4) is 0 Å². The molecule has 6 heteroatoms. The van der Waals surface area contributed by atoms with Crippen LogP contribution < -0.4 is 5.73 Å². The van der Waals surface area contributed by atoms with E-state index in [2.05, 4.69) is 5.73 Å². The first-order valence-corrected chi connectivity index (χ1v) is 2.29. The Labute approximate surface area is 56.9 Å². The fourth-order valence-electron chi connectivity index (χ4n) is 0. The standard InChI is InChI=1S/C2H5NO2.C2H4O3/c2*3-1-2(4)5/h1,3H2,(H,4,5);3H,1H2,(H,4,5). The van der Waals surface area contributed by atoms with Gasteiger partial charge in [0.15, 0.2) is 0 Å².